The molecule has 0 amide bonds. The van der Waals surface area contributed by atoms with Gasteiger partial charge >= 0.3 is 5.97 Å². The second kappa shape index (κ2) is 5.52. The van der Waals surface area contributed by atoms with Crippen LogP contribution in [0.5, 0.6) is 11.5 Å². The van der Waals surface area contributed by atoms with Crippen molar-refractivity contribution in [2.45, 2.75) is 13.0 Å². The van der Waals surface area contributed by atoms with E-state index in [1.54, 1.807) is 18.2 Å². The fourth-order valence-electron chi connectivity index (χ4n) is 1.94. The number of carbonyl (C=O) groups is 1. The quantitative estimate of drug-likeness (QED) is 0.687. The predicted octanol–water partition coefficient (Wildman–Crippen LogP) is 2.97. The number of carboxylic acid groups (broad SMARTS) is 1. The summed E-state index contributed by atoms with van der Waals surface area (Å²) in [6, 6.07) is 10.6. The van der Waals surface area contributed by atoms with E-state index < -0.39 is 5.97 Å². The Kier molecular flexibility index (Phi) is 3.79. The van der Waals surface area contributed by atoms with Crippen LogP contribution < -0.4 is 5.32 Å². The standard InChI is InChI=1S/C15H15NO4/c1-9(13-7-6-12(17)8-14(13)18)16-11-4-2-10(3-5-11)15(19)20/h2-9,16-18H,1H3,(H,19,20). The van der Waals surface area contributed by atoms with Crippen LogP contribution in [-0.4, -0.2) is 21.3 Å². The van der Waals surface area contributed by atoms with Gasteiger partial charge in [-0.2, -0.15) is 0 Å². The van der Waals surface area contributed by atoms with Gasteiger partial charge in [0.1, 0.15) is 11.5 Å². The molecular formula is C15H15NO4. The minimum absolute atomic E-state index is 0.00395. The first-order chi connectivity index (χ1) is 9.47. The normalized spacial score (nSPS) is 11.8. The lowest BCUT2D eigenvalue weighted by Crippen LogP contribution is -2.07. The fourth-order valence-corrected chi connectivity index (χ4v) is 1.94. The van der Waals surface area contributed by atoms with Gasteiger partial charge in [0.05, 0.1) is 11.6 Å². The van der Waals surface area contributed by atoms with Crippen molar-refractivity contribution in [2.24, 2.45) is 0 Å². The molecule has 0 aliphatic rings. The van der Waals surface area contributed by atoms with Gasteiger partial charge in [-0.1, -0.05) is 0 Å². The first-order valence-corrected chi connectivity index (χ1v) is 6.09. The fraction of sp³-hybridized carbons (Fsp3) is 0.133. The van der Waals surface area contributed by atoms with Gasteiger partial charge in [-0.25, -0.2) is 4.79 Å². The zero-order valence-electron chi connectivity index (χ0n) is 10.9. The number of anilines is 1. The summed E-state index contributed by atoms with van der Waals surface area (Å²) in [6.07, 6.45) is 0. The van der Waals surface area contributed by atoms with Crippen molar-refractivity contribution in [1.29, 1.82) is 0 Å². The summed E-state index contributed by atoms with van der Waals surface area (Å²) in [5.74, 6) is -0.961. The average molecular weight is 273 g/mol. The van der Waals surface area contributed by atoms with Crippen LogP contribution in [0, 0.1) is 0 Å². The van der Waals surface area contributed by atoms with Gasteiger partial charge in [0, 0.05) is 17.3 Å². The van der Waals surface area contributed by atoms with Gasteiger partial charge in [0.2, 0.25) is 0 Å². The van der Waals surface area contributed by atoms with E-state index in [0.29, 0.717) is 5.56 Å². The topological polar surface area (TPSA) is 89.8 Å². The van der Waals surface area contributed by atoms with E-state index in [-0.39, 0.29) is 23.1 Å². The molecule has 20 heavy (non-hydrogen) atoms. The van der Waals surface area contributed by atoms with E-state index in [0.717, 1.165) is 5.69 Å². The Hall–Kier alpha value is -2.69. The van der Waals surface area contributed by atoms with Gasteiger partial charge in [-0.15, -0.1) is 0 Å². The van der Waals surface area contributed by atoms with Crippen LogP contribution in [0.15, 0.2) is 42.5 Å². The molecule has 1 unspecified atom stereocenters. The number of carboxylic acids is 1. The summed E-state index contributed by atoms with van der Waals surface area (Å²) in [5.41, 5.74) is 1.61. The molecule has 0 bridgehead atoms. The maximum absolute atomic E-state index is 10.8. The summed E-state index contributed by atoms with van der Waals surface area (Å²) in [6.45, 7) is 1.86. The number of phenols is 2. The third kappa shape index (κ3) is 3.00. The highest BCUT2D eigenvalue weighted by Crippen LogP contribution is 2.29. The van der Waals surface area contributed by atoms with Crippen LogP contribution in [0.2, 0.25) is 0 Å². The Labute approximate surface area is 116 Å². The highest BCUT2D eigenvalue weighted by atomic mass is 16.4. The molecule has 0 saturated heterocycles. The number of benzene rings is 2. The molecule has 2 rings (SSSR count). The second-order valence-corrected chi connectivity index (χ2v) is 4.49. The van der Waals surface area contributed by atoms with Crippen LogP contribution in [0.3, 0.4) is 0 Å². The van der Waals surface area contributed by atoms with E-state index in [1.807, 2.05) is 6.92 Å². The zero-order chi connectivity index (χ0) is 14.7. The summed E-state index contributed by atoms with van der Waals surface area (Å²) in [4.78, 5) is 10.8. The average Bonchev–Trinajstić information content (AvgIpc) is 2.39. The van der Waals surface area contributed by atoms with Crippen molar-refractivity contribution in [3.05, 3.63) is 53.6 Å². The molecule has 0 aliphatic carbocycles. The number of phenolic OH excluding ortho intramolecular Hbond substituents is 2. The van der Waals surface area contributed by atoms with Crippen molar-refractivity contribution in [3.8, 4) is 11.5 Å². The highest BCUT2D eigenvalue weighted by molar-refractivity contribution is 5.88. The van der Waals surface area contributed by atoms with E-state index in [4.69, 9.17) is 5.11 Å². The van der Waals surface area contributed by atoms with Crippen molar-refractivity contribution in [2.75, 3.05) is 5.32 Å². The largest absolute Gasteiger partial charge is 0.508 e. The van der Waals surface area contributed by atoms with Crippen molar-refractivity contribution in [1.82, 2.24) is 0 Å². The van der Waals surface area contributed by atoms with Crippen LogP contribution in [0.1, 0.15) is 28.9 Å². The van der Waals surface area contributed by atoms with Gasteiger partial charge in [-0.05, 0) is 43.3 Å². The third-order valence-electron chi connectivity index (χ3n) is 3.00. The number of rotatable bonds is 4. The molecule has 0 heterocycles. The van der Waals surface area contributed by atoms with Crippen LogP contribution in [-0.2, 0) is 0 Å². The SMILES string of the molecule is CC(Nc1ccc(C(=O)O)cc1)c1ccc(O)cc1O. The van der Waals surface area contributed by atoms with E-state index in [2.05, 4.69) is 5.32 Å². The summed E-state index contributed by atoms with van der Waals surface area (Å²) >= 11 is 0. The summed E-state index contributed by atoms with van der Waals surface area (Å²) in [7, 11) is 0. The first kappa shape index (κ1) is 13.7. The van der Waals surface area contributed by atoms with Gasteiger partial charge in [0.15, 0.2) is 0 Å². The molecule has 1 atom stereocenters. The number of hydrogen-bond acceptors (Lipinski definition) is 4. The lowest BCUT2D eigenvalue weighted by molar-refractivity contribution is 0.0697. The van der Waals surface area contributed by atoms with E-state index in [9.17, 15) is 15.0 Å². The van der Waals surface area contributed by atoms with E-state index in [1.165, 1.54) is 24.3 Å². The second-order valence-electron chi connectivity index (χ2n) is 4.49. The van der Waals surface area contributed by atoms with Gasteiger partial charge in [-0.3, -0.25) is 0 Å². The molecule has 0 saturated carbocycles. The molecule has 2 aromatic rings. The molecule has 0 radical (unpaired) electrons. The molecule has 104 valence electrons. The molecule has 2 aromatic carbocycles. The van der Waals surface area contributed by atoms with Crippen LogP contribution in [0.4, 0.5) is 5.69 Å². The van der Waals surface area contributed by atoms with Crippen LogP contribution in [0.25, 0.3) is 0 Å². The maximum atomic E-state index is 10.8. The minimum Gasteiger partial charge on any atom is -0.508 e. The number of nitrogens with one attached hydrogen (secondary N) is 1. The monoisotopic (exact) mass is 273 g/mol. The van der Waals surface area contributed by atoms with Gasteiger partial charge < -0.3 is 20.6 Å². The molecular weight excluding hydrogens is 258 g/mol. The highest BCUT2D eigenvalue weighted by Gasteiger charge is 2.11. The Bertz CT molecular complexity index is 622. The van der Waals surface area contributed by atoms with Crippen molar-refractivity contribution < 1.29 is 20.1 Å². The molecule has 0 spiro atoms. The predicted molar refractivity (Wildman–Crippen MR) is 75.2 cm³/mol. The van der Waals surface area contributed by atoms with Gasteiger partial charge in [0.25, 0.3) is 0 Å². The number of aromatic carboxylic acids is 1. The first-order valence-electron chi connectivity index (χ1n) is 6.09. The molecule has 4 N–H and O–H groups in total. The minimum atomic E-state index is -0.972. The smallest absolute Gasteiger partial charge is 0.335 e. The zero-order valence-corrected chi connectivity index (χ0v) is 10.9. The summed E-state index contributed by atoms with van der Waals surface area (Å²) in [5, 5.41) is 31.0. The lowest BCUT2D eigenvalue weighted by atomic mass is 10.1. The molecule has 0 aliphatic heterocycles. The number of aromatic hydroxyl groups is 2. The van der Waals surface area contributed by atoms with E-state index >= 15 is 0 Å². The maximum Gasteiger partial charge on any atom is 0.335 e. The Morgan fingerprint density at radius 2 is 1.75 bits per heavy atom. The molecule has 0 aromatic heterocycles. The Morgan fingerprint density at radius 3 is 2.30 bits per heavy atom. The Balaban J connectivity index is 2.14. The third-order valence-corrected chi connectivity index (χ3v) is 3.00. The van der Waals surface area contributed by atoms with Crippen molar-refractivity contribution >= 4 is 11.7 Å². The Morgan fingerprint density at radius 1 is 1.10 bits per heavy atom. The summed E-state index contributed by atoms with van der Waals surface area (Å²) < 4.78 is 0. The van der Waals surface area contributed by atoms with Crippen LogP contribution >= 0.6 is 0 Å². The lowest BCUT2D eigenvalue weighted by Gasteiger charge is -2.17. The molecule has 5 heteroatoms. The number of hydrogen-bond donors (Lipinski definition) is 4. The van der Waals surface area contributed by atoms with Crippen molar-refractivity contribution in [3.63, 3.8) is 0 Å². The molecule has 0 fully saturated rings. The molecule has 5 nitrogen and oxygen atoms in total.